The Bertz CT molecular complexity index is 482. The van der Waals surface area contributed by atoms with E-state index in [4.69, 9.17) is 10.3 Å². The summed E-state index contributed by atoms with van der Waals surface area (Å²) in [5.74, 6) is 5.08. The van der Waals surface area contributed by atoms with E-state index in [1.807, 2.05) is 0 Å². The first-order valence-electron chi connectivity index (χ1n) is 3.81. The van der Waals surface area contributed by atoms with Gasteiger partial charge in [0, 0.05) is 5.56 Å². The Labute approximate surface area is 82.5 Å². The first-order valence-corrected chi connectivity index (χ1v) is 5.25. The maximum absolute atomic E-state index is 10.9. The molecule has 4 nitrogen and oxygen atoms in total. The largest absolute Gasteiger partial charge is 0.320 e. The molecule has 74 valence electrons. The van der Waals surface area contributed by atoms with Crippen LogP contribution in [0.15, 0.2) is 29.2 Å². The summed E-state index contributed by atoms with van der Waals surface area (Å²) < 4.78 is 30.6. The van der Waals surface area contributed by atoms with E-state index in [2.05, 4.69) is 11.8 Å². The fraction of sp³-hybridized carbons (Fsp3) is 0.111. The molecule has 0 fully saturated rings. The monoisotopic (exact) mass is 211 g/mol. The maximum atomic E-state index is 10.9. The van der Waals surface area contributed by atoms with Gasteiger partial charge in [0.1, 0.15) is 4.90 Å². The zero-order valence-electron chi connectivity index (χ0n) is 7.27. The number of rotatable bonds is 1. The molecule has 0 aromatic heterocycles. The van der Waals surface area contributed by atoms with Gasteiger partial charge >= 0.3 is 0 Å². The molecule has 3 N–H and O–H groups in total. The number of hydrogen-bond donors (Lipinski definition) is 2. The molecule has 0 amide bonds. The molecule has 5 heteroatoms. The normalized spacial score (nSPS) is 10.4. The van der Waals surface area contributed by atoms with Crippen LogP contribution < -0.4 is 5.73 Å². The van der Waals surface area contributed by atoms with Crippen LogP contribution in [0.4, 0.5) is 0 Å². The van der Waals surface area contributed by atoms with E-state index in [1.165, 1.54) is 18.2 Å². The second kappa shape index (κ2) is 4.24. The fourth-order valence-corrected chi connectivity index (χ4v) is 1.59. The highest BCUT2D eigenvalue weighted by atomic mass is 32.2. The Kier molecular flexibility index (Phi) is 3.25. The summed E-state index contributed by atoms with van der Waals surface area (Å²) in [6.07, 6.45) is 0. The van der Waals surface area contributed by atoms with Crippen molar-refractivity contribution >= 4 is 10.1 Å². The van der Waals surface area contributed by atoms with Crippen molar-refractivity contribution in [1.82, 2.24) is 0 Å². The summed E-state index contributed by atoms with van der Waals surface area (Å²) in [4.78, 5) is -0.194. The Morgan fingerprint density at radius 3 is 2.57 bits per heavy atom. The molecule has 1 aromatic rings. The average molecular weight is 211 g/mol. The van der Waals surface area contributed by atoms with E-state index < -0.39 is 10.1 Å². The van der Waals surface area contributed by atoms with Crippen LogP contribution in [0, 0.1) is 11.8 Å². The van der Waals surface area contributed by atoms with Crippen molar-refractivity contribution < 1.29 is 13.0 Å². The molecule has 0 aliphatic heterocycles. The molecular formula is C9H9NO3S. The van der Waals surface area contributed by atoms with Gasteiger partial charge in [-0.05, 0) is 12.1 Å². The van der Waals surface area contributed by atoms with Crippen molar-refractivity contribution in [3.05, 3.63) is 29.8 Å². The topological polar surface area (TPSA) is 80.4 Å². The van der Waals surface area contributed by atoms with Crippen LogP contribution in [0.1, 0.15) is 5.56 Å². The predicted molar refractivity (Wildman–Crippen MR) is 52.2 cm³/mol. The van der Waals surface area contributed by atoms with Gasteiger partial charge in [-0.15, -0.1) is 0 Å². The third-order valence-corrected chi connectivity index (χ3v) is 2.40. The molecule has 1 aromatic carbocycles. The zero-order chi connectivity index (χ0) is 10.6. The molecule has 0 aliphatic rings. The van der Waals surface area contributed by atoms with E-state index in [9.17, 15) is 8.42 Å². The van der Waals surface area contributed by atoms with Crippen LogP contribution in [-0.4, -0.2) is 19.5 Å². The van der Waals surface area contributed by atoms with Gasteiger partial charge in [0.2, 0.25) is 0 Å². The third-order valence-electron chi connectivity index (χ3n) is 1.49. The van der Waals surface area contributed by atoms with E-state index in [-0.39, 0.29) is 17.0 Å². The first kappa shape index (κ1) is 10.7. The van der Waals surface area contributed by atoms with Crippen LogP contribution >= 0.6 is 0 Å². The summed E-state index contributed by atoms with van der Waals surface area (Å²) in [6.45, 7) is 0.139. The van der Waals surface area contributed by atoms with E-state index in [0.717, 1.165) is 0 Å². The van der Waals surface area contributed by atoms with Crippen molar-refractivity contribution in [2.24, 2.45) is 5.73 Å². The lowest BCUT2D eigenvalue weighted by Gasteiger charge is -1.98. The van der Waals surface area contributed by atoms with Crippen LogP contribution in [-0.2, 0) is 10.1 Å². The highest BCUT2D eigenvalue weighted by Crippen LogP contribution is 2.13. The van der Waals surface area contributed by atoms with Crippen LogP contribution in [0.2, 0.25) is 0 Å². The van der Waals surface area contributed by atoms with Crippen LogP contribution in [0.5, 0.6) is 0 Å². The van der Waals surface area contributed by atoms with Gasteiger partial charge in [0.05, 0.1) is 6.54 Å². The maximum Gasteiger partial charge on any atom is 0.295 e. The SMILES string of the molecule is NCC#Cc1ccccc1S(=O)(=O)O. The minimum atomic E-state index is -4.21. The van der Waals surface area contributed by atoms with Gasteiger partial charge < -0.3 is 5.73 Å². The Morgan fingerprint density at radius 2 is 2.00 bits per heavy atom. The molecule has 0 bridgehead atoms. The lowest BCUT2D eigenvalue weighted by atomic mass is 10.2. The van der Waals surface area contributed by atoms with E-state index in [0.29, 0.717) is 0 Å². The van der Waals surface area contributed by atoms with Crippen molar-refractivity contribution in [3.63, 3.8) is 0 Å². The minimum absolute atomic E-state index is 0.139. The van der Waals surface area contributed by atoms with Crippen LogP contribution in [0.25, 0.3) is 0 Å². The molecule has 0 unspecified atom stereocenters. The molecule has 0 radical (unpaired) electrons. The smallest absolute Gasteiger partial charge is 0.295 e. The second-order valence-electron chi connectivity index (χ2n) is 2.48. The van der Waals surface area contributed by atoms with Gasteiger partial charge in [-0.2, -0.15) is 8.42 Å². The van der Waals surface area contributed by atoms with Gasteiger partial charge in [-0.25, -0.2) is 0 Å². The zero-order valence-corrected chi connectivity index (χ0v) is 8.08. The quantitative estimate of drug-likeness (QED) is 0.515. The average Bonchev–Trinajstić information content (AvgIpc) is 2.14. The molecule has 0 aliphatic carbocycles. The number of benzene rings is 1. The highest BCUT2D eigenvalue weighted by Gasteiger charge is 2.12. The standard InChI is InChI=1S/C9H9NO3S/c10-7-3-5-8-4-1-2-6-9(8)14(11,12)13/h1-2,4,6H,7,10H2,(H,11,12,13). The lowest BCUT2D eigenvalue weighted by molar-refractivity contribution is 0.483. The number of nitrogens with two attached hydrogens (primary N) is 1. The lowest BCUT2D eigenvalue weighted by Crippen LogP contribution is -2.01. The van der Waals surface area contributed by atoms with Crippen molar-refractivity contribution in [2.75, 3.05) is 6.54 Å². The Balaban J connectivity index is 3.31. The van der Waals surface area contributed by atoms with Crippen LogP contribution in [0.3, 0.4) is 0 Å². The first-order chi connectivity index (χ1) is 6.55. The molecular weight excluding hydrogens is 202 g/mol. The molecule has 0 heterocycles. The summed E-state index contributed by atoms with van der Waals surface area (Å²) in [5.41, 5.74) is 5.40. The molecule has 14 heavy (non-hydrogen) atoms. The third kappa shape index (κ3) is 2.57. The molecule has 0 spiro atoms. The molecule has 1 rings (SSSR count). The number of hydrogen-bond acceptors (Lipinski definition) is 3. The Hall–Kier alpha value is -1.35. The molecule has 0 atom stereocenters. The van der Waals surface area contributed by atoms with Crippen molar-refractivity contribution in [1.29, 1.82) is 0 Å². The van der Waals surface area contributed by atoms with E-state index >= 15 is 0 Å². The molecule has 0 saturated carbocycles. The summed E-state index contributed by atoms with van der Waals surface area (Å²) in [5, 5.41) is 0. The minimum Gasteiger partial charge on any atom is -0.320 e. The van der Waals surface area contributed by atoms with Crippen molar-refractivity contribution in [2.45, 2.75) is 4.90 Å². The van der Waals surface area contributed by atoms with Crippen molar-refractivity contribution in [3.8, 4) is 11.8 Å². The summed E-state index contributed by atoms with van der Waals surface area (Å²) in [6, 6.07) is 5.94. The van der Waals surface area contributed by atoms with Gasteiger partial charge in [-0.3, -0.25) is 4.55 Å². The van der Waals surface area contributed by atoms with Gasteiger partial charge in [-0.1, -0.05) is 24.0 Å². The molecule has 0 saturated heterocycles. The predicted octanol–water partition coefficient (Wildman–Crippen LogP) is 0.243. The fourth-order valence-electron chi connectivity index (χ4n) is 0.941. The van der Waals surface area contributed by atoms with E-state index in [1.54, 1.807) is 6.07 Å². The summed E-state index contributed by atoms with van der Waals surface area (Å²) in [7, 11) is -4.21. The Morgan fingerprint density at radius 1 is 1.36 bits per heavy atom. The second-order valence-corrected chi connectivity index (χ2v) is 3.87. The highest BCUT2D eigenvalue weighted by molar-refractivity contribution is 7.85. The summed E-state index contributed by atoms with van der Waals surface area (Å²) >= 11 is 0. The van der Waals surface area contributed by atoms with Gasteiger partial charge in [0.25, 0.3) is 10.1 Å². The van der Waals surface area contributed by atoms with Gasteiger partial charge in [0.15, 0.2) is 0 Å².